The van der Waals surface area contributed by atoms with Gasteiger partial charge in [-0.25, -0.2) is 28.2 Å². The van der Waals surface area contributed by atoms with Crippen LogP contribution >= 0.6 is 0 Å². The number of hydrogen-bond acceptors (Lipinski definition) is 7. The molecule has 31 heavy (non-hydrogen) atoms. The zero-order valence-corrected chi connectivity index (χ0v) is 17.1. The number of imidazole rings is 1. The molecular weight excluding hydrogens is 404 g/mol. The van der Waals surface area contributed by atoms with Crippen LogP contribution in [0.25, 0.3) is 17.0 Å². The largest absolute Gasteiger partial charge is 0.495 e. The third-order valence-electron chi connectivity index (χ3n) is 6.92. The van der Waals surface area contributed by atoms with Crippen LogP contribution in [-0.2, 0) is 5.41 Å². The van der Waals surface area contributed by atoms with Crippen molar-refractivity contribution in [2.75, 3.05) is 25.5 Å². The van der Waals surface area contributed by atoms with Crippen LogP contribution in [0.15, 0.2) is 18.5 Å². The summed E-state index contributed by atoms with van der Waals surface area (Å²) < 4.78 is 36.2. The molecule has 0 unspecified atom stereocenters. The Balaban J connectivity index is 1.39. The van der Waals surface area contributed by atoms with Crippen LogP contribution in [0.4, 0.5) is 14.7 Å². The second-order valence-corrected chi connectivity index (χ2v) is 8.88. The fourth-order valence-corrected chi connectivity index (χ4v) is 5.10. The van der Waals surface area contributed by atoms with E-state index in [0.29, 0.717) is 36.6 Å². The molecule has 0 spiro atoms. The van der Waals surface area contributed by atoms with Gasteiger partial charge in [-0.3, -0.25) is 0 Å². The van der Waals surface area contributed by atoms with E-state index in [-0.39, 0.29) is 17.1 Å². The van der Waals surface area contributed by atoms with Gasteiger partial charge in [0.25, 0.3) is 0 Å². The minimum Gasteiger partial charge on any atom is -0.495 e. The molecule has 8 nitrogen and oxygen atoms in total. The Kier molecular flexibility index (Phi) is 4.14. The van der Waals surface area contributed by atoms with Crippen LogP contribution in [0.2, 0.25) is 0 Å². The molecule has 3 aliphatic carbocycles. The highest BCUT2D eigenvalue weighted by atomic mass is 19.1. The monoisotopic (exact) mass is 427 g/mol. The number of ether oxygens (including phenoxy) is 1. The number of aromatic nitrogens is 5. The third kappa shape index (κ3) is 2.88. The quantitative estimate of drug-likeness (QED) is 0.647. The first-order chi connectivity index (χ1) is 15.1. The Morgan fingerprint density at radius 2 is 2.10 bits per heavy atom. The summed E-state index contributed by atoms with van der Waals surface area (Å²) in [6, 6.07) is 1.37. The summed E-state index contributed by atoms with van der Waals surface area (Å²) in [5.74, 6) is 1.09. The molecule has 0 amide bonds. The number of rotatable bonds is 5. The number of alkyl halides is 1. The van der Waals surface area contributed by atoms with E-state index in [1.165, 1.54) is 0 Å². The third-order valence-corrected chi connectivity index (χ3v) is 6.92. The molecule has 4 heterocycles. The van der Waals surface area contributed by atoms with Crippen molar-refractivity contribution in [3.05, 3.63) is 30.0 Å². The smallest absolute Gasteiger partial charge is 0.223 e. The van der Waals surface area contributed by atoms with Gasteiger partial charge in [-0.15, -0.1) is 0 Å². The lowest BCUT2D eigenvalue weighted by Crippen LogP contribution is -2.56. The summed E-state index contributed by atoms with van der Waals surface area (Å²) in [7, 11) is 1.63. The Hall–Kier alpha value is -2.88. The van der Waals surface area contributed by atoms with Gasteiger partial charge in [0.2, 0.25) is 5.95 Å². The van der Waals surface area contributed by atoms with Crippen molar-refractivity contribution in [2.24, 2.45) is 5.92 Å². The van der Waals surface area contributed by atoms with E-state index >= 15 is 0 Å². The number of hydrogen-bond donors (Lipinski definition) is 2. The maximum atomic E-state index is 14.7. The molecule has 162 valence electrons. The number of fused-ring (bicyclic) bond motifs is 1. The molecule has 7 rings (SSSR count). The van der Waals surface area contributed by atoms with Gasteiger partial charge in [0, 0.05) is 18.0 Å². The van der Waals surface area contributed by atoms with Crippen molar-refractivity contribution >= 4 is 11.6 Å². The number of nitrogens with one attached hydrogen (secondary N) is 2. The molecule has 2 atom stereocenters. The lowest BCUT2D eigenvalue weighted by Gasteiger charge is -2.61. The van der Waals surface area contributed by atoms with E-state index in [9.17, 15) is 8.78 Å². The molecule has 3 aromatic heterocycles. The fraction of sp³-hybridized carbons (Fsp3) is 0.524. The summed E-state index contributed by atoms with van der Waals surface area (Å²) in [4.78, 5) is 12.7. The highest BCUT2D eigenvalue weighted by molar-refractivity contribution is 5.62. The van der Waals surface area contributed by atoms with Crippen molar-refractivity contribution in [3.8, 4) is 17.1 Å². The van der Waals surface area contributed by atoms with Crippen LogP contribution in [-0.4, -0.2) is 57.0 Å². The van der Waals surface area contributed by atoms with E-state index < -0.39 is 18.0 Å². The Labute approximate surface area is 177 Å². The van der Waals surface area contributed by atoms with Gasteiger partial charge >= 0.3 is 0 Å². The van der Waals surface area contributed by atoms with E-state index in [0.717, 1.165) is 37.1 Å². The molecule has 0 radical (unpaired) electrons. The molecule has 3 saturated carbocycles. The van der Waals surface area contributed by atoms with Crippen LogP contribution in [0.5, 0.6) is 5.75 Å². The molecule has 4 fully saturated rings. The van der Waals surface area contributed by atoms with Crippen molar-refractivity contribution < 1.29 is 13.5 Å². The second kappa shape index (κ2) is 6.81. The summed E-state index contributed by atoms with van der Waals surface area (Å²) in [5.41, 5.74) is 2.00. The van der Waals surface area contributed by atoms with Gasteiger partial charge < -0.3 is 15.4 Å². The summed E-state index contributed by atoms with van der Waals surface area (Å²) in [6.45, 7) is 1.09. The standard InChI is InChI=1S/C21H23F2N7O/c1-31-16-4-17-25-10-15(30(17)29-19(16)21-5-11(6-21)7-21)18-13(23)8-26-20(28-18)27-14-9-24-3-2-12(14)22/h4,8,10-12,14,24H,2-3,5-7,9H2,1H3,(H,26,27,28)/t11?,12-,14-,21?/m0/s1. The van der Waals surface area contributed by atoms with Gasteiger partial charge in [0.15, 0.2) is 11.5 Å². The van der Waals surface area contributed by atoms with Crippen molar-refractivity contribution in [1.82, 2.24) is 29.9 Å². The number of piperidine rings is 1. The molecule has 2 bridgehead atoms. The first-order valence-electron chi connectivity index (χ1n) is 10.6. The number of halogens is 2. The normalized spacial score (nSPS) is 29.3. The molecule has 2 N–H and O–H groups in total. The number of nitrogens with zero attached hydrogens (tertiary/aromatic N) is 5. The molecule has 1 aliphatic heterocycles. The average molecular weight is 427 g/mol. The highest BCUT2D eigenvalue weighted by Gasteiger charge is 2.59. The molecular formula is C21H23F2N7O. The Bertz CT molecular complexity index is 1150. The molecule has 3 aromatic rings. The number of anilines is 1. The zero-order chi connectivity index (χ0) is 21.2. The highest BCUT2D eigenvalue weighted by Crippen LogP contribution is 2.66. The second-order valence-electron chi connectivity index (χ2n) is 8.88. The minimum absolute atomic E-state index is 0.0623. The van der Waals surface area contributed by atoms with E-state index in [1.54, 1.807) is 17.8 Å². The SMILES string of the molecule is COc1cc2ncc(-c3nc(N[C@H]4CNCC[C@@H]4F)ncc3F)n2nc1C12CC(C1)C2. The fourth-order valence-electron chi connectivity index (χ4n) is 5.10. The molecule has 1 saturated heterocycles. The zero-order valence-electron chi connectivity index (χ0n) is 17.1. The summed E-state index contributed by atoms with van der Waals surface area (Å²) in [6.07, 6.45) is 5.38. The molecule has 0 aromatic carbocycles. The molecule has 4 aliphatic rings. The Morgan fingerprint density at radius 3 is 2.81 bits per heavy atom. The van der Waals surface area contributed by atoms with Crippen LogP contribution in [0.3, 0.4) is 0 Å². The van der Waals surface area contributed by atoms with Gasteiger partial charge in [0.05, 0.1) is 25.5 Å². The topological polar surface area (TPSA) is 89.3 Å². The van der Waals surface area contributed by atoms with Gasteiger partial charge in [0.1, 0.15) is 29.0 Å². The van der Waals surface area contributed by atoms with Crippen molar-refractivity contribution in [2.45, 2.75) is 43.3 Å². The lowest BCUT2D eigenvalue weighted by molar-refractivity contribution is -0.0333. The van der Waals surface area contributed by atoms with Crippen LogP contribution in [0.1, 0.15) is 31.4 Å². The van der Waals surface area contributed by atoms with Gasteiger partial charge in [-0.2, -0.15) is 5.10 Å². The van der Waals surface area contributed by atoms with Gasteiger partial charge in [-0.1, -0.05) is 0 Å². The van der Waals surface area contributed by atoms with Gasteiger partial charge in [-0.05, 0) is 38.1 Å². The predicted octanol–water partition coefficient (Wildman–Crippen LogP) is 2.50. The van der Waals surface area contributed by atoms with Crippen molar-refractivity contribution in [1.29, 1.82) is 0 Å². The average Bonchev–Trinajstić information content (AvgIpc) is 3.11. The maximum Gasteiger partial charge on any atom is 0.223 e. The van der Waals surface area contributed by atoms with E-state index in [4.69, 9.17) is 9.84 Å². The predicted molar refractivity (Wildman–Crippen MR) is 109 cm³/mol. The first kappa shape index (κ1) is 18.9. The first-order valence-corrected chi connectivity index (χ1v) is 10.6. The Morgan fingerprint density at radius 1 is 1.26 bits per heavy atom. The maximum absolute atomic E-state index is 14.7. The van der Waals surface area contributed by atoms with Crippen LogP contribution in [0, 0.1) is 11.7 Å². The van der Waals surface area contributed by atoms with E-state index in [2.05, 4.69) is 25.6 Å². The summed E-state index contributed by atoms with van der Waals surface area (Å²) in [5, 5.41) is 11.0. The lowest BCUT2D eigenvalue weighted by atomic mass is 9.43. The summed E-state index contributed by atoms with van der Waals surface area (Å²) >= 11 is 0. The number of methoxy groups -OCH3 is 1. The van der Waals surface area contributed by atoms with E-state index in [1.807, 2.05) is 6.07 Å². The molecule has 10 heteroatoms. The minimum atomic E-state index is -1.01. The van der Waals surface area contributed by atoms with Crippen LogP contribution < -0.4 is 15.4 Å². The van der Waals surface area contributed by atoms with Crippen molar-refractivity contribution in [3.63, 3.8) is 0 Å².